The normalized spacial score (nSPS) is 12.1. The van der Waals surface area contributed by atoms with Gasteiger partial charge in [-0.2, -0.15) is 5.26 Å². The lowest BCUT2D eigenvalue weighted by Crippen LogP contribution is -2.33. The molecule has 0 bridgehead atoms. The van der Waals surface area contributed by atoms with Gasteiger partial charge >= 0.3 is 0 Å². The Balaban J connectivity index is 2.92. The quantitative estimate of drug-likeness (QED) is 0.587. The molecule has 0 saturated carbocycles. The van der Waals surface area contributed by atoms with Crippen molar-refractivity contribution < 1.29 is 4.92 Å². The summed E-state index contributed by atoms with van der Waals surface area (Å²) in [5.41, 5.74) is 1.24. The highest BCUT2D eigenvalue weighted by atomic mass is 16.6. The molecule has 114 valence electrons. The molecule has 0 aliphatic carbocycles. The lowest BCUT2D eigenvalue weighted by Gasteiger charge is -2.21. The zero-order valence-electron chi connectivity index (χ0n) is 12.9. The van der Waals surface area contributed by atoms with Gasteiger partial charge < -0.3 is 5.32 Å². The van der Waals surface area contributed by atoms with Gasteiger partial charge in [-0.05, 0) is 37.3 Å². The van der Waals surface area contributed by atoms with Crippen LogP contribution < -0.4 is 5.32 Å². The van der Waals surface area contributed by atoms with Crippen molar-refractivity contribution in [2.75, 3.05) is 6.54 Å². The zero-order valence-corrected chi connectivity index (χ0v) is 12.9. The first kappa shape index (κ1) is 17.1. The van der Waals surface area contributed by atoms with Crippen LogP contribution in [0.5, 0.6) is 0 Å². The van der Waals surface area contributed by atoms with Gasteiger partial charge in [0.2, 0.25) is 0 Å². The molecule has 1 unspecified atom stereocenters. The van der Waals surface area contributed by atoms with Crippen LogP contribution in [0.4, 0.5) is 5.69 Å². The lowest BCUT2D eigenvalue weighted by molar-refractivity contribution is -0.384. The molecule has 21 heavy (non-hydrogen) atoms. The van der Waals surface area contributed by atoms with Crippen molar-refractivity contribution in [1.82, 2.24) is 5.32 Å². The van der Waals surface area contributed by atoms with Gasteiger partial charge in [0, 0.05) is 18.2 Å². The highest BCUT2D eigenvalue weighted by Gasteiger charge is 2.16. The summed E-state index contributed by atoms with van der Waals surface area (Å²) in [6.45, 7) is 7.39. The first-order valence-corrected chi connectivity index (χ1v) is 7.38. The van der Waals surface area contributed by atoms with Crippen LogP contribution in [-0.2, 0) is 6.42 Å². The van der Waals surface area contributed by atoms with Crippen molar-refractivity contribution in [3.63, 3.8) is 0 Å². The molecule has 0 spiro atoms. The van der Waals surface area contributed by atoms with Crippen LogP contribution >= 0.6 is 0 Å². The minimum Gasteiger partial charge on any atom is -0.314 e. The third-order valence-electron chi connectivity index (χ3n) is 3.33. The Kier molecular flexibility index (Phi) is 6.83. The Labute approximate surface area is 126 Å². The number of nitrogens with zero attached hydrogens (tertiary/aromatic N) is 2. The first-order valence-electron chi connectivity index (χ1n) is 7.38. The Bertz CT molecular complexity index is 521. The summed E-state index contributed by atoms with van der Waals surface area (Å²) in [6, 6.07) is 6.91. The van der Waals surface area contributed by atoms with Crippen molar-refractivity contribution in [2.45, 2.75) is 46.1 Å². The van der Waals surface area contributed by atoms with Crippen molar-refractivity contribution >= 4 is 5.69 Å². The van der Waals surface area contributed by atoms with Crippen LogP contribution in [-0.4, -0.2) is 17.5 Å². The molecular weight excluding hydrogens is 266 g/mol. The van der Waals surface area contributed by atoms with Crippen molar-refractivity contribution in [3.8, 4) is 6.07 Å². The van der Waals surface area contributed by atoms with E-state index in [0.29, 0.717) is 17.5 Å². The predicted molar refractivity (Wildman–Crippen MR) is 83.1 cm³/mol. The van der Waals surface area contributed by atoms with E-state index in [2.05, 4.69) is 32.2 Å². The maximum Gasteiger partial charge on any atom is 0.270 e. The lowest BCUT2D eigenvalue weighted by atomic mass is 9.94. The standard InChI is InChI=1S/C16H23N3O2/c1-4-7-18-15(8-12(2)3)9-13-5-6-16(19(20)21)10-14(13)11-17/h5-6,10,12,15,18H,4,7-9H2,1-3H3. The van der Waals surface area contributed by atoms with Gasteiger partial charge in [0.05, 0.1) is 16.6 Å². The van der Waals surface area contributed by atoms with E-state index < -0.39 is 4.92 Å². The Morgan fingerprint density at radius 2 is 2.14 bits per heavy atom. The predicted octanol–water partition coefficient (Wildman–Crippen LogP) is 3.42. The number of nitriles is 1. The first-order chi connectivity index (χ1) is 9.97. The number of hydrogen-bond donors (Lipinski definition) is 1. The second-order valence-electron chi connectivity index (χ2n) is 5.70. The number of nitro benzene ring substituents is 1. The molecule has 0 aliphatic heterocycles. The molecule has 0 fully saturated rings. The summed E-state index contributed by atoms with van der Waals surface area (Å²) in [5.74, 6) is 0.558. The van der Waals surface area contributed by atoms with Gasteiger partial charge in [0.25, 0.3) is 5.69 Å². The summed E-state index contributed by atoms with van der Waals surface area (Å²) in [5, 5.41) is 23.5. The van der Waals surface area contributed by atoms with E-state index in [-0.39, 0.29) is 5.69 Å². The van der Waals surface area contributed by atoms with Crippen LogP contribution in [0, 0.1) is 27.4 Å². The summed E-state index contributed by atoms with van der Waals surface area (Å²) in [4.78, 5) is 10.3. The van der Waals surface area contributed by atoms with E-state index >= 15 is 0 Å². The molecule has 1 aromatic carbocycles. The number of nitrogens with one attached hydrogen (secondary N) is 1. The van der Waals surface area contributed by atoms with Gasteiger partial charge in [-0.1, -0.05) is 26.8 Å². The molecule has 1 atom stereocenters. The summed E-state index contributed by atoms with van der Waals surface area (Å²) >= 11 is 0. The highest BCUT2D eigenvalue weighted by molar-refractivity contribution is 5.46. The van der Waals surface area contributed by atoms with Crippen molar-refractivity contribution in [3.05, 3.63) is 39.4 Å². The third-order valence-corrected chi connectivity index (χ3v) is 3.33. The second kappa shape index (κ2) is 8.38. The van der Waals surface area contributed by atoms with Gasteiger partial charge in [-0.25, -0.2) is 0 Å². The van der Waals surface area contributed by atoms with E-state index in [1.165, 1.54) is 12.1 Å². The molecule has 0 aromatic heterocycles. The fraction of sp³-hybridized carbons (Fsp3) is 0.562. The van der Waals surface area contributed by atoms with Crippen molar-refractivity contribution in [1.29, 1.82) is 5.26 Å². The zero-order chi connectivity index (χ0) is 15.8. The summed E-state index contributed by atoms with van der Waals surface area (Å²) < 4.78 is 0. The average Bonchev–Trinajstić information content (AvgIpc) is 2.44. The SMILES string of the molecule is CCCNC(Cc1ccc([N+](=O)[O-])cc1C#N)CC(C)C. The largest absolute Gasteiger partial charge is 0.314 e. The van der Waals surface area contributed by atoms with Crippen LogP contribution in [0.25, 0.3) is 0 Å². The molecule has 5 nitrogen and oxygen atoms in total. The molecule has 0 aliphatic rings. The number of rotatable bonds is 8. The number of benzene rings is 1. The molecule has 0 saturated heterocycles. The average molecular weight is 289 g/mol. The highest BCUT2D eigenvalue weighted by Crippen LogP contribution is 2.20. The van der Waals surface area contributed by atoms with Gasteiger partial charge in [-0.3, -0.25) is 10.1 Å². The molecule has 1 N–H and O–H groups in total. The van der Waals surface area contributed by atoms with E-state index in [9.17, 15) is 15.4 Å². The minimum absolute atomic E-state index is 0.0303. The Morgan fingerprint density at radius 3 is 2.67 bits per heavy atom. The number of nitro groups is 1. The molecule has 1 aromatic rings. The van der Waals surface area contributed by atoms with Gasteiger partial charge in [-0.15, -0.1) is 0 Å². The summed E-state index contributed by atoms with van der Waals surface area (Å²) in [6.07, 6.45) is 2.79. The minimum atomic E-state index is -0.467. The molecule has 0 heterocycles. The fourth-order valence-electron chi connectivity index (χ4n) is 2.38. The fourth-order valence-corrected chi connectivity index (χ4v) is 2.38. The maximum atomic E-state index is 10.8. The molecular formula is C16H23N3O2. The Hall–Kier alpha value is -1.93. The van der Waals surface area contributed by atoms with Crippen LogP contribution in [0.2, 0.25) is 0 Å². The van der Waals surface area contributed by atoms with E-state index in [0.717, 1.165) is 31.4 Å². The van der Waals surface area contributed by atoms with Gasteiger partial charge in [0.15, 0.2) is 0 Å². The number of non-ortho nitro benzene ring substituents is 1. The molecule has 0 radical (unpaired) electrons. The van der Waals surface area contributed by atoms with Gasteiger partial charge in [0.1, 0.15) is 0 Å². The van der Waals surface area contributed by atoms with Crippen LogP contribution in [0.1, 0.15) is 44.7 Å². The van der Waals surface area contributed by atoms with Crippen LogP contribution in [0.15, 0.2) is 18.2 Å². The topological polar surface area (TPSA) is 79.0 Å². The summed E-state index contributed by atoms with van der Waals surface area (Å²) in [7, 11) is 0. The van der Waals surface area contributed by atoms with E-state index in [1.807, 2.05) is 0 Å². The molecule has 5 heteroatoms. The van der Waals surface area contributed by atoms with Crippen molar-refractivity contribution in [2.24, 2.45) is 5.92 Å². The molecule has 0 amide bonds. The number of hydrogen-bond acceptors (Lipinski definition) is 4. The van der Waals surface area contributed by atoms with E-state index in [4.69, 9.17) is 0 Å². The second-order valence-corrected chi connectivity index (χ2v) is 5.70. The van der Waals surface area contributed by atoms with Crippen LogP contribution in [0.3, 0.4) is 0 Å². The third kappa shape index (κ3) is 5.52. The Morgan fingerprint density at radius 1 is 1.43 bits per heavy atom. The van der Waals surface area contributed by atoms with E-state index in [1.54, 1.807) is 6.07 Å². The molecule has 1 rings (SSSR count). The maximum absolute atomic E-state index is 10.8. The monoisotopic (exact) mass is 289 g/mol. The smallest absolute Gasteiger partial charge is 0.270 e.